The minimum atomic E-state index is -0.223. The molecule has 2 heterocycles. The van der Waals surface area contributed by atoms with Gasteiger partial charge in [0.2, 0.25) is 0 Å². The first kappa shape index (κ1) is 21.5. The monoisotopic (exact) mass is 452 g/mol. The molecule has 0 bridgehead atoms. The first-order valence-corrected chi connectivity index (χ1v) is 11.2. The van der Waals surface area contributed by atoms with Gasteiger partial charge in [-0.3, -0.25) is 9.59 Å². The molecule has 1 aliphatic heterocycles. The van der Waals surface area contributed by atoms with Crippen LogP contribution in [0.5, 0.6) is 5.75 Å². The van der Waals surface area contributed by atoms with Crippen molar-refractivity contribution in [3.63, 3.8) is 0 Å². The maximum Gasteiger partial charge on any atom is 0.257 e. The molecule has 0 spiro atoms. The van der Waals surface area contributed by atoms with E-state index in [1.54, 1.807) is 40.3 Å². The van der Waals surface area contributed by atoms with Crippen LogP contribution in [0, 0.1) is 0 Å². The molecular formula is C27H24N4O3. The van der Waals surface area contributed by atoms with Crippen molar-refractivity contribution in [2.75, 3.05) is 26.2 Å². The zero-order valence-electron chi connectivity index (χ0n) is 18.5. The normalized spacial score (nSPS) is 13.6. The quantitative estimate of drug-likeness (QED) is 0.510. The zero-order chi connectivity index (χ0) is 23.5. The minimum Gasteiger partial charge on any atom is -0.507 e. The maximum absolute atomic E-state index is 13.2. The van der Waals surface area contributed by atoms with Gasteiger partial charge in [-0.2, -0.15) is 5.10 Å². The van der Waals surface area contributed by atoms with E-state index in [0.717, 1.165) is 16.9 Å². The van der Waals surface area contributed by atoms with Crippen LogP contribution >= 0.6 is 0 Å². The Balaban J connectivity index is 1.30. The molecule has 170 valence electrons. The van der Waals surface area contributed by atoms with Gasteiger partial charge < -0.3 is 14.9 Å². The lowest BCUT2D eigenvalue weighted by atomic mass is 10.1. The minimum absolute atomic E-state index is 0.0312. The van der Waals surface area contributed by atoms with E-state index in [-0.39, 0.29) is 23.1 Å². The molecule has 0 atom stereocenters. The van der Waals surface area contributed by atoms with Gasteiger partial charge in [0.05, 0.1) is 23.1 Å². The largest absolute Gasteiger partial charge is 0.507 e. The molecule has 0 aliphatic carbocycles. The van der Waals surface area contributed by atoms with Crippen molar-refractivity contribution < 1.29 is 14.7 Å². The van der Waals surface area contributed by atoms with Crippen molar-refractivity contribution in [2.45, 2.75) is 0 Å². The Morgan fingerprint density at radius 2 is 1.41 bits per heavy atom. The Kier molecular flexibility index (Phi) is 5.82. The number of phenols is 1. The lowest BCUT2D eigenvalue weighted by Gasteiger charge is -2.35. The number of benzene rings is 3. The zero-order valence-corrected chi connectivity index (χ0v) is 18.5. The van der Waals surface area contributed by atoms with Gasteiger partial charge in [0, 0.05) is 37.3 Å². The number of para-hydroxylation sites is 1. The molecule has 0 radical (unpaired) electrons. The average Bonchev–Trinajstić information content (AvgIpc) is 3.39. The van der Waals surface area contributed by atoms with Gasteiger partial charge in [0.15, 0.2) is 0 Å². The van der Waals surface area contributed by atoms with E-state index in [0.29, 0.717) is 31.7 Å². The van der Waals surface area contributed by atoms with Crippen LogP contribution in [0.4, 0.5) is 0 Å². The fourth-order valence-corrected chi connectivity index (χ4v) is 4.23. The van der Waals surface area contributed by atoms with E-state index < -0.39 is 0 Å². The number of amides is 2. The number of carbonyl (C=O) groups excluding carboxylic acids is 2. The Bertz CT molecular complexity index is 1320. The van der Waals surface area contributed by atoms with Crippen LogP contribution in [0.15, 0.2) is 91.1 Å². The van der Waals surface area contributed by atoms with Crippen LogP contribution in [-0.2, 0) is 0 Å². The Labute approximate surface area is 197 Å². The number of phenolic OH excluding ortho intramolecular Hbond substituents is 1. The molecule has 5 rings (SSSR count). The van der Waals surface area contributed by atoms with E-state index in [2.05, 4.69) is 5.10 Å². The lowest BCUT2D eigenvalue weighted by molar-refractivity contribution is 0.0533. The lowest BCUT2D eigenvalue weighted by Crippen LogP contribution is -2.50. The van der Waals surface area contributed by atoms with Crippen molar-refractivity contribution in [3.05, 3.63) is 102 Å². The molecular weight excluding hydrogens is 428 g/mol. The molecule has 7 heteroatoms. The fourth-order valence-electron chi connectivity index (χ4n) is 4.23. The van der Waals surface area contributed by atoms with Crippen molar-refractivity contribution >= 4 is 11.8 Å². The van der Waals surface area contributed by atoms with Gasteiger partial charge >= 0.3 is 0 Å². The van der Waals surface area contributed by atoms with Crippen molar-refractivity contribution in [1.82, 2.24) is 19.6 Å². The predicted octanol–water partition coefficient (Wildman–Crippen LogP) is 3.84. The van der Waals surface area contributed by atoms with Gasteiger partial charge in [-0.25, -0.2) is 4.68 Å². The third-order valence-corrected chi connectivity index (χ3v) is 6.04. The van der Waals surface area contributed by atoms with E-state index in [1.165, 1.54) is 6.07 Å². The summed E-state index contributed by atoms with van der Waals surface area (Å²) in [5, 5.41) is 14.4. The smallest absolute Gasteiger partial charge is 0.257 e. The van der Waals surface area contributed by atoms with E-state index >= 15 is 0 Å². The summed E-state index contributed by atoms with van der Waals surface area (Å²) in [4.78, 5) is 29.4. The van der Waals surface area contributed by atoms with Crippen molar-refractivity contribution in [3.8, 4) is 22.7 Å². The van der Waals surface area contributed by atoms with Gasteiger partial charge in [-0.15, -0.1) is 0 Å². The highest BCUT2D eigenvalue weighted by Crippen LogP contribution is 2.23. The second-order valence-corrected chi connectivity index (χ2v) is 8.15. The number of hydrogen-bond acceptors (Lipinski definition) is 4. The summed E-state index contributed by atoms with van der Waals surface area (Å²) >= 11 is 0. The van der Waals surface area contributed by atoms with Gasteiger partial charge in [0.25, 0.3) is 11.8 Å². The summed E-state index contributed by atoms with van der Waals surface area (Å²) < 4.78 is 1.83. The molecule has 1 N–H and O–H groups in total. The number of rotatable bonds is 4. The van der Waals surface area contributed by atoms with E-state index in [1.807, 2.05) is 59.3 Å². The Morgan fingerprint density at radius 1 is 0.735 bits per heavy atom. The molecule has 4 aromatic rings. The average molecular weight is 453 g/mol. The molecule has 1 fully saturated rings. The fraction of sp³-hybridized carbons (Fsp3) is 0.148. The van der Waals surface area contributed by atoms with Gasteiger partial charge in [0.1, 0.15) is 5.75 Å². The third kappa shape index (κ3) is 4.15. The van der Waals surface area contributed by atoms with Gasteiger partial charge in [-0.05, 0) is 36.4 Å². The highest BCUT2D eigenvalue weighted by Gasteiger charge is 2.26. The summed E-state index contributed by atoms with van der Waals surface area (Å²) in [7, 11) is 0. The molecule has 34 heavy (non-hydrogen) atoms. The summed E-state index contributed by atoms with van der Waals surface area (Å²) in [6, 6.07) is 25.9. The summed E-state index contributed by atoms with van der Waals surface area (Å²) in [6.45, 7) is 1.69. The molecule has 2 amide bonds. The second kappa shape index (κ2) is 9.23. The Hall–Kier alpha value is -4.39. The summed E-state index contributed by atoms with van der Waals surface area (Å²) in [5.41, 5.74) is 3.66. The molecule has 1 aliphatic rings. The van der Waals surface area contributed by atoms with Crippen LogP contribution in [-0.4, -0.2) is 62.7 Å². The first-order valence-electron chi connectivity index (χ1n) is 11.2. The summed E-state index contributed by atoms with van der Waals surface area (Å²) in [6.07, 6.45) is 1.75. The number of nitrogens with zero attached hydrogens (tertiary/aromatic N) is 4. The number of aromatic nitrogens is 2. The maximum atomic E-state index is 13.2. The Morgan fingerprint density at radius 3 is 2.15 bits per heavy atom. The van der Waals surface area contributed by atoms with Crippen LogP contribution in [0.3, 0.4) is 0 Å². The molecule has 0 unspecified atom stereocenters. The van der Waals surface area contributed by atoms with Crippen molar-refractivity contribution in [2.24, 2.45) is 0 Å². The van der Waals surface area contributed by atoms with Crippen LogP contribution in [0.1, 0.15) is 20.7 Å². The molecule has 0 saturated carbocycles. The SMILES string of the molecule is O=C(c1cccc(-n2nccc2-c2ccccc2)c1)N1CCN(C(=O)c2ccccc2O)CC1. The molecule has 1 aromatic heterocycles. The second-order valence-electron chi connectivity index (χ2n) is 8.15. The van der Waals surface area contributed by atoms with E-state index in [9.17, 15) is 14.7 Å². The van der Waals surface area contributed by atoms with Crippen LogP contribution in [0.2, 0.25) is 0 Å². The summed E-state index contributed by atoms with van der Waals surface area (Å²) in [5.74, 6) is -0.333. The highest BCUT2D eigenvalue weighted by molar-refractivity contribution is 5.97. The standard InChI is InChI=1S/C27H24N4O3/c32-25-12-5-4-11-23(25)27(34)30-17-15-29(16-18-30)26(33)21-9-6-10-22(19-21)31-24(13-14-28-31)20-7-2-1-3-8-20/h1-14,19,32H,15-18H2. The van der Waals surface area contributed by atoms with Crippen molar-refractivity contribution in [1.29, 1.82) is 0 Å². The number of carbonyl (C=O) groups is 2. The predicted molar refractivity (Wildman–Crippen MR) is 129 cm³/mol. The number of piperazine rings is 1. The third-order valence-electron chi connectivity index (χ3n) is 6.04. The van der Waals surface area contributed by atoms with Crippen LogP contribution in [0.25, 0.3) is 16.9 Å². The number of aromatic hydroxyl groups is 1. The topological polar surface area (TPSA) is 78.7 Å². The molecule has 3 aromatic carbocycles. The molecule has 7 nitrogen and oxygen atoms in total. The van der Waals surface area contributed by atoms with Crippen LogP contribution < -0.4 is 0 Å². The molecule has 1 saturated heterocycles. The number of hydrogen-bond donors (Lipinski definition) is 1. The van der Waals surface area contributed by atoms with Gasteiger partial charge in [-0.1, -0.05) is 48.5 Å². The first-order chi connectivity index (χ1) is 16.6. The highest BCUT2D eigenvalue weighted by atomic mass is 16.3. The van der Waals surface area contributed by atoms with E-state index in [4.69, 9.17) is 0 Å².